The lowest BCUT2D eigenvalue weighted by Gasteiger charge is -2.37. The predicted octanol–water partition coefficient (Wildman–Crippen LogP) is 2.54. The van der Waals surface area contributed by atoms with Gasteiger partial charge in [-0.25, -0.2) is 0 Å². The van der Waals surface area contributed by atoms with E-state index in [-0.39, 0.29) is 0 Å². The summed E-state index contributed by atoms with van der Waals surface area (Å²) in [7, 11) is 0. The fourth-order valence-electron chi connectivity index (χ4n) is 2.85. The van der Waals surface area contributed by atoms with Crippen molar-refractivity contribution in [3.8, 4) is 0 Å². The number of para-hydroxylation sites is 1. The summed E-state index contributed by atoms with van der Waals surface area (Å²) in [6, 6.07) is 20.5. The number of hydrogen-bond acceptors (Lipinski definition) is 3. The van der Waals surface area contributed by atoms with Crippen molar-refractivity contribution in [1.29, 1.82) is 0 Å². The Kier molecular flexibility index (Phi) is 4.53. The van der Waals surface area contributed by atoms with E-state index in [1.165, 1.54) is 5.69 Å². The van der Waals surface area contributed by atoms with Gasteiger partial charge in [-0.05, 0) is 17.7 Å². The molecule has 3 rings (SSSR count). The molecule has 1 atom stereocenters. The van der Waals surface area contributed by atoms with Crippen LogP contribution in [0.3, 0.4) is 0 Å². The zero-order chi connectivity index (χ0) is 14.5. The van der Waals surface area contributed by atoms with Crippen LogP contribution in [-0.4, -0.2) is 42.7 Å². The van der Waals surface area contributed by atoms with Crippen LogP contribution in [0.25, 0.3) is 0 Å². The van der Waals surface area contributed by atoms with Crippen molar-refractivity contribution >= 4 is 5.69 Å². The van der Waals surface area contributed by atoms with Gasteiger partial charge in [-0.3, -0.25) is 4.90 Å². The van der Waals surface area contributed by atoms with E-state index in [0.29, 0.717) is 6.54 Å². The van der Waals surface area contributed by atoms with Crippen LogP contribution in [0.15, 0.2) is 60.7 Å². The summed E-state index contributed by atoms with van der Waals surface area (Å²) in [4.78, 5) is 4.75. The Morgan fingerprint density at radius 1 is 0.810 bits per heavy atom. The van der Waals surface area contributed by atoms with Crippen LogP contribution in [-0.2, 0) is 0 Å². The van der Waals surface area contributed by atoms with Crippen molar-refractivity contribution in [3.63, 3.8) is 0 Å². The molecule has 0 saturated carbocycles. The van der Waals surface area contributed by atoms with Gasteiger partial charge in [0.1, 0.15) is 0 Å². The van der Waals surface area contributed by atoms with Crippen molar-refractivity contribution in [2.75, 3.05) is 37.6 Å². The van der Waals surface area contributed by atoms with Gasteiger partial charge in [0.05, 0.1) is 6.10 Å². The minimum atomic E-state index is -0.394. The average molecular weight is 282 g/mol. The van der Waals surface area contributed by atoms with Crippen molar-refractivity contribution in [1.82, 2.24) is 4.90 Å². The quantitative estimate of drug-likeness (QED) is 0.933. The fourth-order valence-corrected chi connectivity index (χ4v) is 2.85. The minimum Gasteiger partial charge on any atom is -0.387 e. The highest BCUT2D eigenvalue weighted by atomic mass is 16.3. The number of nitrogens with zero attached hydrogens (tertiary/aromatic N) is 2. The Hall–Kier alpha value is -1.84. The van der Waals surface area contributed by atoms with Crippen LogP contribution in [0, 0.1) is 0 Å². The van der Waals surface area contributed by atoms with Gasteiger partial charge in [0.25, 0.3) is 0 Å². The van der Waals surface area contributed by atoms with Gasteiger partial charge in [-0.1, -0.05) is 48.5 Å². The summed E-state index contributed by atoms with van der Waals surface area (Å²) in [6.07, 6.45) is -0.394. The average Bonchev–Trinajstić information content (AvgIpc) is 2.57. The Morgan fingerprint density at radius 2 is 1.38 bits per heavy atom. The first-order chi connectivity index (χ1) is 10.3. The second-order valence-electron chi connectivity index (χ2n) is 5.55. The third kappa shape index (κ3) is 3.63. The predicted molar refractivity (Wildman–Crippen MR) is 86.5 cm³/mol. The van der Waals surface area contributed by atoms with E-state index < -0.39 is 6.10 Å². The Bertz CT molecular complexity index is 536. The number of anilines is 1. The van der Waals surface area contributed by atoms with E-state index in [4.69, 9.17) is 0 Å². The zero-order valence-corrected chi connectivity index (χ0v) is 12.2. The first-order valence-corrected chi connectivity index (χ1v) is 7.58. The van der Waals surface area contributed by atoms with E-state index in [1.807, 2.05) is 30.3 Å². The van der Waals surface area contributed by atoms with Gasteiger partial charge in [0.15, 0.2) is 0 Å². The summed E-state index contributed by atoms with van der Waals surface area (Å²) in [5.41, 5.74) is 2.30. The van der Waals surface area contributed by atoms with E-state index in [1.54, 1.807) is 0 Å². The molecule has 1 N–H and O–H groups in total. The van der Waals surface area contributed by atoms with Gasteiger partial charge in [-0.15, -0.1) is 0 Å². The van der Waals surface area contributed by atoms with Gasteiger partial charge in [0, 0.05) is 38.4 Å². The van der Waals surface area contributed by atoms with Crippen molar-refractivity contribution in [2.45, 2.75) is 6.10 Å². The number of benzene rings is 2. The molecule has 0 aromatic heterocycles. The highest BCUT2D eigenvalue weighted by Crippen LogP contribution is 2.18. The zero-order valence-electron chi connectivity index (χ0n) is 12.2. The number of aliphatic hydroxyl groups excluding tert-OH is 1. The molecule has 1 fully saturated rings. The molecule has 2 aromatic rings. The van der Waals surface area contributed by atoms with Crippen molar-refractivity contribution < 1.29 is 5.11 Å². The smallest absolute Gasteiger partial charge is 0.0916 e. The van der Waals surface area contributed by atoms with Crippen LogP contribution in [0.1, 0.15) is 11.7 Å². The lowest BCUT2D eigenvalue weighted by Crippen LogP contribution is -2.47. The molecule has 2 aromatic carbocycles. The summed E-state index contributed by atoms with van der Waals surface area (Å²) < 4.78 is 0. The van der Waals surface area contributed by atoms with E-state index >= 15 is 0 Å². The molecule has 0 aliphatic carbocycles. The molecular weight excluding hydrogens is 260 g/mol. The number of aliphatic hydroxyl groups is 1. The fraction of sp³-hybridized carbons (Fsp3) is 0.333. The van der Waals surface area contributed by atoms with Gasteiger partial charge < -0.3 is 10.0 Å². The lowest BCUT2D eigenvalue weighted by molar-refractivity contribution is 0.109. The number of β-amino-alcohol motifs (C(OH)–C–C–N with tert-alkyl or cyclic N) is 1. The number of hydrogen-bond donors (Lipinski definition) is 1. The highest BCUT2D eigenvalue weighted by Gasteiger charge is 2.19. The highest BCUT2D eigenvalue weighted by molar-refractivity contribution is 5.46. The third-order valence-electron chi connectivity index (χ3n) is 4.11. The van der Waals surface area contributed by atoms with E-state index in [2.05, 4.69) is 40.1 Å². The van der Waals surface area contributed by atoms with Crippen molar-refractivity contribution in [2.24, 2.45) is 0 Å². The maximum absolute atomic E-state index is 10.3. The molecule has 0 amide bonds. The van der Waals surface area contributed by atoms with Crippen LogP contribution in [0.2, 0.25) is 0 Å². The van der Waals surface area contributed by atoms with Gasteiger partial charge in [-0.2, -0.15) is 0 Å². The molecule has 0 unspecified atom stereocenters. The van der Waals surface area contributed by atoms with E-state index in [0.717, 1.165) is 31.7 Å². The second-order valence-corrected chi connectivity index (χ2v) is 5.55. The normalized spacial score (nSPS) is 17.7. The summed E-state index contributed by atoms with van der Waals surface area (Å²) >= 11 is 0. The van der Waals surface area contributed by atoms with Gasteiger partial charge >= 0.3 is 0 Å². The standard InChI is InChI=1S/C18H22N2O/c21-18(16-7-3-1-4-8-16)15-19-11-13-20(14-12-19)17-9-5-2-6-10-17/h1-10,18,21H,11-15H2/t18-/m0/s1. The number of rotatable bonds is 4. The Balaban J connectivity index is 1.52. The molecule has 110 valence electrons. The molecule has 1 aliphatic rings. The molecule has 3 heteroatoms. The number of piperazine rings is 1. The molecular formula is C18H22N2O. The summed E-state index contributed by atoms with van der Waals surface area (Å²) in [5, 5.41) is 10.3. The Morgan fingerprint density at radius 3 is 2.00 bits per heavy atom. The van der Waals surface area contributed by atoms with Crippen LogP contribution in [0.5, 0.6) is 0 Å². The largest absolute Gasteiger partial charge is 0.387 e. The molecule has 21 heavy (non-hydrogen) atoms. The maximum Gasteiger partial charge on any atom is 0.0916 e. The molecule has 0 bridgehead atoms. The van der Waals surface area contributed by atoms with Gasteiger partial charge in [0.2, 0.25) is 0 Å². The molecule has 1 heterocycles. The molecule has 1 saturated heterocycles. The molecule has 0 spiro atoms. The minimum absolute atomic E-state index is 0.394. The van der Waals surface area contributed by atoms with Crippen molar-refractivity contribution in [3.05, 3.63) is 66.2 Å². The van der Waals surface area contributed by atoms with Crippen LogP contribution >= 0.6 is 0 Å². The monoisotopic (exact) mass is 282 g/mol. The first-order valence-electron chi connectivity index (χ1n) is 7.58. The molecule has 3 nitrogen and oxygen atoms in total. The lowest BCUT2D eigenvalue weighted by atomic mass is 10.1. The summed E-state index contributed by atoms with van der Waals surface area (Å²) in [6.45, 7) is 4.75. The molecule has 1 aliphatic heterocycles. The molecule has 0 radical (unpaired) electrons. The summed E-state index contributed by atoms with van der Waals surface area (Å²) in [5.74, 6) is 0. The second kappa shape index (κ2) is 6.74. The van der Waals surface area contributed by atoms with Crippen LogP contribution < -0.4 is 4.90 Å². The maximum atomic E-state index is 10.3. The topological polar surface area (TPSA) is 26.7 Å². The SMILES string of the molecule is O[C@@H](CN1CCN(c2ccccc2)CC1)c1ccccc1. The first kappa shape index (κ1) is 14.1. The van der Waals surface area contributed by atoms with Crippen LogP contribution in [0.4, 0.5) is 5.69 Å². The van der Waals surface area contributed by atoms with E-state index in [9.17, 15) is 5.11 Å². The Labute approximate surface area is 126 Å². The third-order valence-corrected chi connectivity index (χ3v) is 4.11.